The van der Waals surface area contributed by atoms with E-state index in [0.29, 0.717) is 28.3 Å². The molecule has 5 nitrogen and oxygen atoms in total. The summed E-state index contributed by atoms with van der Waals surface area (Å²) < 4.78 is 5.53. The van der Waals surface area contributed by atoms with Crippen molar-refractivity contribution < 1.29 is 14.3 Å². The second-order valence-electron chi connectivity index (χ2n) is 8.03. The van der Waals surface area contributed by atoms with Crippen LogP contribution in [0.15, 0.2) is 84.6 Å². The van der Waals surface area contributed by atoms with Gasteiger partial charge < -0.3 is 9.64 Å². The molecule has 0 atom stereocenters. The molecule has 168 valence electrons. The zero-order valence-electron chi connectivity index (χ0n) is 19.2. The van der Waals surface area contributed by atoms with Gasteiger partial charge in [0.05, 0.1) is 18.4 Å². The third kappa shape index (κ3) is 4.27. The summed E-state index contributed by atoms with van der Waals surface area (Å²) in [6.07, 6.45) is 3.20. The fourth-order valence-electron chi connectivity index (χ4n) is 4.13. The van der Waals surface area contributed by atoms with Gasteiger partial charge in [-0.05, 0) is 48.7 Å². The molecule has 3 aromatic carbocycles. The number of carbonyl (C=O) groups is 2. The zero-order chi connectivity index (χ0) is 23.4. The van der Waals surface area contributed by atoms with Crippen LogP contribution < -0.4 is 14.5 Å². The number of benzene rings is 3. The van der Waals surface area contributed by atoms with E-state index in [4.69, 9.17) is 4.74 Å². The van der Waals surface area contributed by atoms with Crippen LogP contribution in [0.3, 0.4) is 0 Å². The van der Waals surface area contributed by atoms with Crippen LogP contribution in [-0.4, -0.2) is 26.0 Å². The Hall–Kier alpha value is -3.86. The second kappa shape index (κ2) is 9.74. The lowest BCUT2D eigenvalue weighted by Gasteiger charge is -2.22. The number of unbranched alkanes of at least 4 members (excludes halogenated alkanes) is 1. The van der Waals surface area contributed by atoms with E-state index >= 15 is 0 Å². The van der Waals surface area contributed by atoms with E-state index in [1.807, 2.05) is 79.8 Å². The number of ether oxygens (including phenoxy) is 1. The van der Waals surface area contributed by atoms with Gasteiger partial charge in [-0.15, -0.1) is 0 Å². The second-order valence-corrected chi connectivity index (χ2v) is 8.03. The van der Waals surface area contributed by atoms with Gasteiger partial charge in [0, 0.05) is 18.3 Å². The van der Waals surface area contributed by atoms with Crippen LogP contribution in [0.5, 0.6) is 5.75 Å². The minimum Gasteiger partial charge on any atom is -0.496 e. The average molecular weight is 441 g/mol. The van der Waals surface area contributed by atoms with Gasteiger partial charge in [0.25, 0.3) is 11.8 Å². The van der Waals surface area contributed by atoms with Gasteiger partial charge in [-0.2, -0.15) is 0 Å². The van der Waals surface area contributed by atoms with Crippen LogP contribution in [0.4, 0.5) is 11.4 Å². The highest BCUT2D eigenvalue weighted by Crippen LogP contribution is 2.39. The molecule has 33 heavy (non-hydrogen) atoms. The summed E-state index contributed by atoms with van der Waals surface area (Å²) in [6.45, 7) is 2.16. The van der Waals surface area contributed by atoms with E-state index in [-0.39, 0.29) is 11.8 Å². The molecule has 4 rings (SSSR count). The number of methoxy groups -OCH3 is 1. The molecule has 0 unspecified atom stereocenters. The lowest BCUT2D eigenvalue weighted by Crippen LogP contribution is -2.34. The molecule has 0 aliphatic carbocycles. The minimum absolute atomic E-state index is 0.325. The Kier molecular flexibility index (Phi) is 6.59. The molecular formula is C28H28N2O3. The standard InChI is InChI=1S/C28H28N2O3/c1-4-5-11-20-16-18-22(19-17-20)30-27(31)25(23-14-9-10-15-24(23)33-3)26(28(30)32)29(2)21-12-7-6-8-13-21/h6-10,12-19H,4-5,11H2,1-3H3. The van der Waals surface area contributed by atoms with Gasteiger partial charge in [-0.1, -0.05) is 61.9 Å². The van der Waals surface area contributed by atoms with E-state index in [1.54, 1.807) is 18.1 Å². The van der Waals surface area contributed by atoms with Crippen molar-refractivity contribution >= 4 is 28.8 Å². The lowest BCUT2D eigenvalue weighted by atomic mass is 10.0. The number of hydrogen-bond acceptors (Lipinski definition) is 4. The molecule has 0 N–H and O–H groups in total. The molecule has 0 spiro atoms. The molecule has 2 amide bonds. The summed E-state index contributed by atoms with van der Waals surface area (Å²) in [4.78, 5) is 30.5. The number of carbonyl (C=O) groups excluding carboxylic acids is 2. The summed E-state index contributed by atoms with van der Waals surface area (Å²) in [6, 6.07) is 24.5. The zero-order valence-corrected chi connectivity index (χ0v) is 19.2. The Morgan fingerprint density at radius 1 is 0.848 bits per heavy atom. The van der Waals surface area contributed by atoms with Crippen LogP contribution in [0, 0.1) is 0 Å². The molecule has 3 aromatic rings. The van der Waals surface area contributed by atoms with Crippen LogP contribution in [0.2, 0.25) is 0 Å². The maximum absolute atomic E-state index is 13.8. The number of imide groups is 1. The number of nitrogens with zero attached hydrogens (tertiary/aromatic N) is 2. The maximum atomic E-state index is 13.8. The predicted octanol–water partition coefficient (Wildman–Crippen LogP) is 5.46. The molecule has 0 bridgehead atoms. The molecule has 1 aliphatic heterocycles. The van der Waals surface area contributed by atoms with Crippen molar-refractivity contribution in [3.05, 3.63) is 95.7 Å². The van der Waals surface area contributed by atoms with Crippen molar-refractivity contribution in [3.8, 4) is 5.75 Å². The van der Waals surface area contributed by atoms with Crippen LogP contribution in [-0.2, 0) is 16.0 Å². The first-order chi connectivity index (χ1) is 16.1. The van der Waals surface area contributed by atoms with Crippen LogP contribution in [0.1, 0.15) is 30.9 Å². The van der Waals surface area contributed by atoms with Gasteiger partial charge in [0.2, 0.25) is 0 Å². The SMILES string of the molecule is CCCCc1ccc(N2C(=O)C(c3ccccc3OC)=C(N(C)c3ccccc3)C2=O)cc1. The van der Waals surface area contributed by atoms with Crippen molar-refractivity contribution in [2.45, 2.75) is 26.2 Å². The van der Waals surface area contributed by atoms with E-state index in [9.17, 15) is 9.59 Å². The Morgan fingerprint density at radius 2 is 1.52 bits per heavy atom. The molecule has 0 saturated carbocycles. The van der Waals surface area contributed by atoms with Crippen molar-refractivity contribution in [1.29, 1.82) is 0 Å². The number of anilines is 2. The number of para-hydroxylation sites is 2. The Balaban J connectivity index is 1.81. The summed E-state index contributed by atoms with van der Waals surface area (Å²) in [5.74, 6) is -0.165. The normalized spacial score (nSPS) is 13.6. The number of amides is 2. The Labute approximate surface area is 194 Å². The van der Waals surface area contributed by atoms with Crippen LogP contribution >= 0.6 is 0 Å². The number of likely N-dealkylation sites (N-methyl/N-ethyl adjacent to an activating group) is 1. The highest BCUT2D eigenvalue weighted by molar-refractivity contribution is 6.46. The third-order valence-corrected chi connectivity index (χ3v) is 5.93. The van der Waals surface area contributed by atoms with Crippen LogP contribution in [0.25, 0.3) is 5.57 Å². The molecule has 5 heteroatoms. The van der Waals surface area contributed by atoms with E-state index in [1.165, 1.54) is 10.5 Å². The summed E-state index contributed by atoms with van der Waals surface area (Å²) in [5, 5.41) is 0. The van der Waals surface area contributed by atoms with Gasteiger partial charge >= 0.3 is 0 Å². The van der Waals surface area contributed by atoms with E-state index in [2.05, 4.69) is 6.92 Å². The number of hydrogen-bond donors (Lipinski definition) is 0. The molecular weight excluding hydrogens is 412 g/mol. The highest BCUT2D eigenvalue weighted by Gasteiger charge is 2.42. The molecule has 1 heterocycles. The number of rotatable bonds is 8. The van der Waals surface area contributed by atoms with Gasteiger partial charge in [0.1, 0.15) is 11.4 Å². The third-order valence-electron chi connectivity index (χ3n) is 5.93. The van der Waals surface area contributed by atoms with Gasteiger partial charge in [-0.25, -0.2) is 4.90 Å². The summed E-state index contributed by atoms with van der Waals surface area (Å²) >= 11 is 0. The first kappa shape index (κ1) is 22.3. The van der Waals surface area contributed by atoms with Gasteiger partial charge in [-0.3, -0.25) is 9.59 Å². The highest BCUT2D eigenvalue weighted by atomic mass is 16.5. The monoisotopic (exact) mass is 440 g/mol. The van der Waals surface area contributed by atoms with Crippen molar-refractivity contribution in [2.24, 2.45) is 0 Å². The molecule has 0 fully saturated rings. The fraction of sp³-hybridized carbons (Fsp3) is 0.214. The largest absolute Gasteiger partial charge is 0.496 e. The van der Waals surface area contributed by atoms with Gasteiger partial charge in [0.15, 0.2) is 0 Å². The fourth-order valence-corrected chi connectivity index (χ4v) is 4.13. The first-order valence-corrected chi connectivity index (χ1v) is 11.2. The average Bonchev–Trinajstić information content (AvgIpc) is 3.12. The van der Waals surface area contributed by atoms with Crippen molar-refractivity contribution in [1.82, 2.24) is 0 Å². The quantitative estimate of drug-likeness (QED) is 0.437. The van der Waals surface area contributed by atoms with E-state index in [0.717, 1.165) is 24.9 Å². The first-order valence-electron chi connectivity index (χ1n) is 11.2. The Morgan fingerprint density at radius 3 is 2.18 bits per heavy atom. The van der Waals surface area contributed by atoms with Crippen molar-refractivity contribution in [3.63, 3.8) is 0 Å². The molecule has 1 aliphatic rings. The summed E-state index contributed by atoms with van der Waals surface area (Å²) in [5.41, 5.74) is 3.83. The Bertz CT molecular complexity index is 1180. The topological polar surface area (TPSA) is 49.9 Å². The summed E-state index contributed by atoms with van der Waals surface area (Å²) in [7, 11) is 3.37. The predicted molar refractivity (Wildman–Crippen MR) is 132 cm³/mol. The van der Waals surface area contributed by atoms with Crippen molar-refractivity contribution in [2.75, 3.05) is 24.0 Å². The maximum Gasteiger partial charge on any atom is 0.282 e. The molecule has 0 saturated heterocycles. The smallest absolute Gasteiger partial charge is 0.282 e. The van der Waals surface area contributed by atoms with E-state index < -0.39 is 0 Å². The lowest BCUT2D eigenvalue weighted by molar-refractivity contribution is -0.120. The molecule has 0 aromatic heterocycles. The molecule has 0 radical (unpaired) electrons. The minimum atomic E-state index is -0.358. The number of aryl methyl sites for hydroxylation is 1.